The molecule has 1 saturated heterocycles. The first-order valence-electron chi connectivity index (χ1n) is 7.95. The van der Waals surface area contributed by atoms with E-state index in [0.717, 1.165) is 17.0 Å². The summed E-state index contributed by atoms with van der Waals surface area (Å²) in [6.07, 6.45) is -8.61. The number of carbonyl (C=O) groups is 2. The molecule has 1 aliphatic rings. The number of para-hydroxylation sites is 1. The lowest BCUT2D eigenvalue weighted by atomic mass is 10.1. The van der Waals surface area contributed by atoms with E-state index in [1.54, 1.807) is 6.92 Å². The van der Waals surface area contributed by atoms with Crippen LogP contribution in [0.3, 0.4) is 0 Å². The van der Waals surface area contributed by atoms with Gasteiger partial charge in [-0.05, 0) is 25.5 Å². The summed E-state index contributed by atoms with van der Waals surface area (Å²) < 4.78 is 55.4. The molecule has 1 heterocycles. The fourth-order valence-corrected chi connectivity index (χ4v) is 2.71. The molecule has 0 saturated carbocycles. The van der Waals surface area contributed by atoms with Crippen LogP contribution in [0.1, 0.15) is 23.7 Å². The highest BCUT2D eigenvalue weighted by atomic mass is 19.3. The minimum Gasteiger partial charge on any atom is -0.427 e. The summed E-state index contributed by atoms with van der Waals surface area (Å²) in [6, 6.07) is 3.45. The second kappa shape index (κ2) is 7.90. The zero-order valence-corrected chi connectivity index (χ0v) is 13.9. The number of alkyl halides is 4. The van der Waals surface area contributed by atoms with Crippen molar-refractivity contribution in [2.75, 3.05) is 13.1 Å². The highest BCUT2D eigenvalue weighted by molar-refractivity contribution is 6.00. The van der Waals surface area contributed by atoms with Gasteiger partial charge in [-0.25, -0.2) is 0 Å². The van der Waals surface area contributed by atoms with Crippen molar-refractivity contribution < 1.29 is 31.9 Å². The van der Waals surface area contributed by atoms with Crippen LogP contribution >= 0.6 is 0 Å². The zero-order chi connectivity index (χ0) is 19.5. The van der Waals surface area contributed by atoms with Crippen LogP contribution in [0.15, 0.2) is 24.3 Å². The fourth-order valence-electron chi connectivity index (χ4n) is 2.71. The number of amides is 2. The molecule has 6 nitrogen and oxygen atoms in total. The maximum absolute atomic E-state index is 13.2. The third-order valence-electron chi connectivity index (χ3n) is 3.87. The van der Waals surface area contributed by atoms with Crippen molar-refractivity contribution >= 4 is 11.8 Å². The van der Waals surface area contributed by atoms with E-state index in [4.69, 9.17) is 5.73 Å². The van der Waals surface area contributed by atoms with Crippen LogP contribution in [0.2, 0.25) is 0 Å². The quantitative estimate of drug-likeness (QED) is 0.738. The summed E-state index contributed by atoms with van der Waals surface area (Å²) in [5.74, 6) is -1.92. The van der Waals surface area contributed by atoms with E-state index in [-0.39, 0.29) is 18.5 Å². The molecule has 0 aromatic heterocycles. The van der Waals surface area contributed by atoms with E-state index >= 15 is 0 Å². The Morgan fingerprint density at radius 3 is 2.65 bits per heavy atom. The van der Waals surface area contributed by atoms with Gasteiger partial charge in [0.05, 0.1) is 5.56 Å². The Hall–Kier alpha value is -2.36. The number of benzene rings is 1. The van der Waals surface area contributed by atoms with Crippen LogP contribution in [-0.4, -0.2) is 54.4 Å². The number of nitrogens with one attached hydrogen (secondary N) is 1. The highest BCUT2D eigenvalue weighted by Crippen LogP contribution is 2.31. The third-order valence-corrected chi connectivity index (χ3v) is 3.87. The Labute approximate surface area is 147 Å². The van der Waals surface area contributed by atoms with Crippen molar-refractivity contribution in [3.05, 3.63) is 29.8 Å². The van der Waals surface area contributed by atoms with E-state index in [1.807, 2.05) is 0 Å². The van der Waals surface area contributed by atoms with Gasteiger partial charge in [-0.15, -0.1) is 0 Å². The summed E-state index contributed by atoms with van der Waals surface area (Å²) in [4.78, 5) is 26.0. The van der Waals surface area contributed by atoms with Crippen molar-refractivity contribution in [1.29, 1.82) is 0 Å². The van der Waals surface area contributed by atoms with E-state index < -0.39 is 42.2 Å². The molecule has 1 aliphatic heterocycles. The lowest BCUT2D eigenvalue weighted by Crippen LogP contribution is -2.46. The van der Waals surface area contributed by atoms with Crippen LogP contribution in [0, 0.1) is 0 Å². The van der Waals surface area contributed by atoms with Gasteiger partial charge in [-0.1, -0.05) is 12.1 Å². The number of nitrogens with two attached hydrogens (primary N) is 1. The average Bonchev–Trinajstić information content (AvgIpc) is 2.96. The molecule has 0 unspecified atom stereocenters. The molecule has 0 radical (unpaired) electrons. The molecule has 0 bridgehead atoms. The van der Waals surface area contributed by atoms with E-state index in [9.17, 15) is 27.2 Å². The van der Waals surface area contributed by atoms with Crippen LogP contribution in [-0.2, 0) is 4.79 Å². The minimum absolute atomic E-state index is 0.0280. The number of hydrogen-bond acceptors (Lipinski definition) is 4. The summed E-state index contributed by atoms with van der Waals surface area (Å²) in [6.45, 7) is 2.07. The van der Waals surface area contributed by atoms with Crippen molar-refractivity contribution in [2.24, 2.45) is 5.73 Å². The molecule has 1 aromatic carbocycles. The normalized spacial score (nSPS) is 20.3. The van der Waals surface area contributed by atoms with E-state index in [0.29, 0.717) is 6.54 Å². The topological polar surface area (TPSA) is 84.7 Å². The Morgan fingerprint density at radius 2 is 2.04 bits per heavy atom. The molecule has 144 valence electrons. The molecule has 2 rings (SSSR count). The van der Waals surface area contributed by atoms with Crippen LogP contribution in [0.5, 0.6) is 5.75 Å². The third kappa shape index (κ3) is 4.24. The molecular formula is C16H19F4N3O3. The molecule has 1 fully saturated rings. The Kier molecular flexibility index (Phi) is 6.06. The highest BCUT2D eigenvalue weighted by Gasteiger charge is 2.45. The van der Waals surface area contributed by atoms with Gasteiger partial charge in [0.2, 0.25) is 5.91 Å². The molecule has 10 heteroatoms. The largest absolute Gasteiger partial charge is 0.461 e. The molecule has 1 aromatic rings. The molecule has 2 atom stereocenters. The fraction of sp³-hybridized carbons (Fsp3) is 0.500. The molecule has 26 heavy (non-hydrogen) atoms. The first kappa shape index (κ1) is 20.0. The van der Waals surface area contributed by atoms with E-state index in [2.05, 4.69) is 10.1 Å². The van der Waals surface area contributed by atoms with Gasteiger partial charge in [0.15, 0.2) is 0 Å². The van der Waals surface area contributed by atoms with Gasteiger partial charge < -0.3 is 20.7 Å². The maximum Gasteiger partial charge on any atom is 0.461 e. The predicted octanol–water partition coefficient (Wildman–Crippen LogP) is 1.60. The number of hydrogen-bond donors (Lipinski definition) is 2. The summed E-state index contributed by atoms with van der Waals surface area (Å²) >= 11 is 0. The number of ether oxygens (including phenoxy) is 1. The smallest absolute Gasteiger partial charge is 0.427 e. The Morgan fingerprint density at radius 1 is 1.38 bits per heavy atom. The number of likely N-dealkylation sites (N-methyl/N-ethyl adjacent to an activating group) is 1. The van der Waals surface area contributed by atoms with Gasteiger partial charge in [0.25, 0.3) is 5.91 Å². The zero-order valence-electron chi connectivity index (χ0n) is 13.9. The molecule has 2 amide bonds. The SMILES string of the molecule is CCNC(=O)[C@@H]1C[C@@H](N)CN1C(=O)c1ccccc1OC(F)(F)C(F)F. The Balaban J connectivity index is 2.30. The molecule has 0 aliphatic carbocycles. The second-order valence-corrected chi connectivity index (χ2v) is 5.82. The molecular weight excluding hydrogens is 358 g/mol. The van der Waals surface area contributed by atoms with Crippen LogP contribution < -0.4 is 15.8 Å². The standard InChI is InChI=1S/C16H19F4N3O3/c1-2-22-13(24)11-7-9(21)8-23(11)14(25)10-5-3-4-6-12(10)26-16(19,20)15(17)18/h3-6,9,11,15H,2,7-8,21H2,1H3,(H,22,24)/t9-,11+/m1/s1. The van der Waals surface area contributed by atoms with Gasteiger partial charge in [-0.3, -0.25) is 9.59 Å². The van der Waals surface area contributed by atoms with Crippen molar-refractivity contribution in [1.82, 2.24) is 10.2 Å². The van der Waals surface area contributed by atoms with Gasteiger partial charge >= 0.3 is 12.5 Å². The molecule has 0 spiro atoms. The summed E-state index contributed by atoms with van der Waals surface area (Å²) in [7, 11) is 0. The first-order valence-corrected chi connectivity index (χ1v) is 7.95. The average molecular weight is 377 g/mol. The van der Waals surface area contributed by atoms with Crippen molar-refractivity contribution in [2.45, 2.75) is 38.0 Å². The molecule has 3 N–H and O–H groups in total. The lowest BCUT2D eigenvalue weighted by molar-refractivity contribution is -0.253. The number of nitrogens with zero attached hydrogens (tertiary/aromatic N) is 1. The predicted molar refractivity (Wildman–Crippen MR) is 84.1 cm³/mol. The van der Waals surface area contributed by atoms with Crippen LogP contribution in [0.4, 0.5) is 17.6 Å². The number of halogens is 4. The minimum atomic E-state index is -4.75. The van der Waals surface area contributed by atoms with Gasteiger partial charge in [0.1, 0.15) is 11.8 Å². The second-order valence-electron chi connectivity index (χ2n) is 5.82. The monoisotopic (exact) mass is 377 g/mol. The van der Waals surface area contributed by atoms with Gasteiger partial charge in [-0.2, -0.15) is 17.6 Å². The van der Waals surface area contributed by atoms with E-state index in [1.165, 1.54) is 12.1 Å². The lowest BCUT2D eigenvalue weighted by Gasteiger charge is -2.25. The number of carbonyl (C=O) groups excluding carboxylic acids is 2. The summed E-state index contributed by atoms with van der Waals surface area (Å²) in [5.41, 5.74) is 5.47. The Bertz CT molecular complexity index is 672. The maximum atomic E-state index is 13.2. The van der Waals surface area contributed by atoms with Crippen molar-refractivity contribution in [3.8, 4) is 5.75 Å². The van der Waals surface area contributed by atoms with Crippen molar-refractivity contribution in [3.63, 3.8) is 0 Å². The first-order chi connectivity index (χ1) is 12.2. The summed E-state index contributed by atoms with van der Waals surface area (Å²) in [5, 5.41) is 2.57. The number of likely N-dealkylation sites (tertiary alicyclic amines) is 1. The van der Waals surface area contributed by atoms with Gasteiger partial charge in [0, 0.05) is 19.1 Å². The van der Waals surface area contributed by atoms with Crippen LogP contribution in [0.25, 0.3) is 0 Å². The number of rotatable bonds is 6.